The van der Waals surface area contributed by atoms with E-state index < -0.39 is 16.1 Å². The van der Waals surface area contributed by atoms with Crippen LogP contribution in [0.1, 0.15) is 40.5 Å². The molecule has 0 saturated heterocycles. The number of rotatable bonds is 4. The Bertz CT molecular complexity index is 314. The van der Waals surface area contributed by atoms with Gasteiger partial charge in [-0.15, -0.1) is 0 Å². The largest absolute Gasteiger partial charge is 0.390 e. The summed E-state index contributed by atoms with van der Waals surface area (Å²) in [7, 11) is -2.06. The van der Waals surface area contributed by atoms with Crippen molar-refractivity contribution >= 4 is 16.1 Å². The smallest absolute Gasteiger partial charge is 0.0626 e. The van der Waals surface area contributed by atoms with Crippen molar-refractivity contribution in [3.05, 3.63) is 0 Å². The van der Waals surface area contributed by atoms with Crippen LogP contribution >= 0.6 is 0 Å². The quantitative estimate of drug-likeness (QED) is 0.751. The fraction of sp³-hybridized carbons (Fsp3) is 1.00. The third-order valence-electron chi connectivity index (χ3n) is 6.13. The summed E-state index contributed by atoms with van der Waals surface area (Å²) in [5, 5.41) is 19.2. The van der Waals surface area contributed by atoms with Gasteiger partial charge < -0.3 is 10.2 Å². The zero-order valence-corrected chi connectivity index (χ0v) is 16.9. The van der Waals surface area contributed by atoms with E-state index in [1.807, 2.05) is 13.8 Å². The van der Waals surface area contributed by atoms with E-state index in [4.69, 9.17) is 0 Å². The van der Waals surface area contributed by atoms with Gasteiger partial charge in [-0.1, -0.05) is 52.1 Å². The predicted octanol–water partition coefficient (Wildman–Crippen LogP) is 4.48. The molecule has 0 radical (unpaired) electrons. The molecule has 2 rings (SSSR count). The molecule has 2 N–H and O–H groups in total. The molecule has 0 amide bonds. The third kappa shape index (κ3) is 4.18. The summed E-state index contributed by atoms with van der Waals surface area (Å²) in [4.78, 5) is 0. The molecule has 120 valence electrons. The number of hydrogen-bond acceptors (Lipinski definition) is 2. The Balaban J connectivity index is 0.000000200. The molecule has 2 saturated carbocycles. The first kappa shape index (κ1) is 18.4. The van der Waals surface area contributed by atoms with Gasteiger partial charge in [0.25, 0.3) is 0 Å². The summed E-state index contributed by atoms with van der Waals surface area (Å²) in [6.07, 6.45) is 2.11. The second-order valence-electron chi connectivity index (χ2n) is 8.91. The maximum atomic E-state index is 9.59. The van der Waals surface area contributed by atoms with Gasteiger partial charge in [0.2, 0.25) is 0 Å². The van der Waals surface area contributed by atoms with Crippen LogP contribution in [0.15, 0.2) is 0 Å². The lowest BCUT2D eigenvalue weighted by Crippen LogP contribution is -2.28. The Morgan fingerprint density at radius 1 is 0.800 bits per heavy atom. The standard InChI is InChI=1S/2C8H18OSi/c2*1-5-10(3,4)7-6-8(7,2)9/h2*7,9H,5-6H2,1-4H3. The second-order valence-corrected chi connectivity index (χ2v) is 19.7. The van der Waals surface area contributed by atoms with Gasteiger partial charge in [0, 0.05) is 0 Å². The maximum Gasteiger partial charge on any atom is 0.0626 e. The lowest BCUT2D eigenvalue weighted by Gasteiger charge is -2.21. The van der Waals surface area contributed by atoms with Crippen LogP contribution < -0.4 is 0 Å². The minimum absolute atomic E-state index is 0.286. The average molecular weight is 317 g/mol. The summed E-state index contributed by atoms with van der Waals surface area (Å²) in [5.41, 5.74) is 0.771. The molecule has 0 aromatic rings. The molecule has 4 heteroatoms. The lowest BCUT2D eigenvalue weighted by molar-refractivity contribution is 0.170. The highest BCUT2D eigenvalue weighted by atomic mass is 28.3. The summed E-state index contributed by atoms with van der Waals surface area (Å²) in [5.74, 6) is 0. The number of aliphatic hydroxyl groups is 2. The summed E-state index contributed by atoms with van der Waals surface area (Å²) >= 11 is 0. The molecule has 2 fully saturated rings. The van der Waals surface area contributed by atoms with E-state index in [1.165, 1.54) is 12.1 Å². The highest BCUT2D eigenvalue weighted by Crippen LogP contribution is 2.56. The van der Waals surface area contributed by atoms with Crippen LogP contribution in [0.25, 0.3) is 0 Å². The normalized spacial score (nSPS) is 39.9. The van der Waals surface area contributed by atoms with Crippen molar-refractivity contribution in [3.8, 4) is 0 Å². The fourth-order valence-electron chi connectivity index (χ4n) is 3.44. The van der Waals surface area contributed by atoms with E-state index in [-0.39, 0.29) is 11.2 Å². The number of hydrogen-bond donors (Lipinski definition) is 2. The summed E-state index contributed by atoms with van der Waals surface area (Å²) in [6.45, 7) is 17.9. The van der Waals surface area contributed by atoms with Crippen LogP contribution in [0.4, 0.5) is 0 Å². The molecule has 0 aromatic carbocycles. The van der Waals surface area contributed by atoms with Gasteiger partial charge in [-0.05, 0) is 37.8 Å². The van der Waals surface area contributed by atoms with Crippen molar-refractivity contribution in [3.63, 3.8) is 0 Å². The molecule has 0 aromatic heterocycles. The maximum absolute atomic E-state index is 9.59. The Morgan fingerprint density at radius 3 is 1.05 bits per heavy atom. The fourth-order valence-corrected chi connectivity index (χ4v) is 9.72. The van der Waals surface area contributed by atoms with Gasteiger partial charge in [0.15, 0.2) is 0 Å². The lowest BCUT2D eigenvalue weighted by atomic mass is 10.4. The Hall–Kier alpha value is 0.354. The summed E-state index contributed by atoms with van der Waals surface area (Å²) in [6, 6.07) is 2.60. The molecule has 0 bridgehead atoms. The van der Waals surface area contributed by atoms with Gasteiger partial charge >= 0.3 is 0 Å². The van der Waals surface area contributed by atoms with E-state index in [9.17, 15) is 10.2 Å². The minimum atomic E-state index is -1.03. The molecule has 4 unspecified atom stereocenters. The predicted molar refractivity (Wildman–Crippen MR) is 93.9 cm³/mol. The van der Waals surface area contributed by atoms with Crippen LogP contribution in [0.2, 0.25) is 49.4 Å². The first-order valence-corrected chi connectivity index (χ1v) is 14.8. The molecule has 0 aliphatic heterocycles. The van der Waals surface area contributed by atoms with E-state index in [2.05, 4.69) is 40.0 Å². The Kier molecular flexibility index (Phi) is 5.08. The zero-order valence-electron chi connectivity index (χ0n) is 14.9. The van der Waals surface area contributed by atoms with Crippen molar-refractivity contribution < 1.29 is 10.2 Å². The van der Waals surface area contributed by atoms with Gasteiger partial charge in [0.1, 0.15) is 0 Å². The minimum Gasteiger partial charge on any atom is -0.390 e. The molecule has 0 spiro atoms. The van der Waals surface area contributed by atoms with Crippen molar-refractivity contribution in [1.29, 1.82) is 0 Å². The van der Waals surface area contributed by atoms with Crippen LogP contribution in [-0.4, -0.2) is 37.6 Å². The van der Waals surface area contributed by atoms with Gasteiger partial charge in [-0.2, -0.15) is 0 Å². The molecular formula is C16H36O2Si2. The topological polar surface area (TPSA) is 40.5 Å². The molecular weight excluding hydrogens is 280 g/mol. The highest BCUT2D eigenvalue weighted by molar-refractivity contribution is 6.80. The molecule has 0 heterocycles. The van der Waals surface area contributed by atoms with E-state index in [0.717, 1.165) is 12.8 Å². The Morgan fingerprint density at radius 2 is 1.00 bits per heavy atom. The zero-order chi connectivity index (χ0) is 16.0. The average Bonchev–Trinajstić information content (AvgIpc) is 3.16. The molecule has 2 nitrogen and oxygen atoms in total. The first-order chi connectivity index (χ1) is 8.80. The van der Waals surface area contributed by atoms with Gasteiger partial charge in [-0.3, -0.25) is 0 Å². The second kappa shape index (κ2) is 5.52. The summed E-state index contributed by atoms with van der Waals surface area (Å²) < 4.78 is 0. The van der Waals surface area contributed by atoms with Crippen molar-refractivity contribution in [2.45, 2.75) is 101 Å². The molecule has 20 heavy (non-hydrogen) atoms. The first-order valence-electron chi connectivity index (χ1n) is 8.25. The van der Waals surface area contributed by atoms with Crippen LogP contribution in [-0.2, 0) is 0 Å². The van der Waals surface area contributed by atoms with Crippen LogP contribution in [0.5, 0.6) is 0 Å². The van der Waals surface area contributed by atoms with E-state index >= 15 is 0 Å². The van der Waals surface area contributed by atoms with Crippen LogP contribution in [0.3, 0.4) is 0 Å². The van der Waals surface area contributed by atoms with Crippen molar-refractivity contribution in [2.24, 2.45) is 0 Å². The van der Waals surface area contributed by atoms with E-state index in [1.54, 1.807) is 0 Å². The van der Waals surface area contributed by atoms with Crippen molar-refractivity contribution in [1.82, 2.24) is 0 Å². The molecule has 2 aliphatic rings. The Labute approximate surface area is 128 Å². The molecule has 2 aliphatic carbocycles. The molecule has 4 atom stereocenters. The highest BCUT2D eigenvalue weighted by Gasteiger charge is 2.56. The SMILES string of the molecule is CC[Si](C)(C)C1CC1(C)O.CC[Si](C)(C)C1CC1(C)O. The third-order valence-corrected chi connectivity index (χ3v) is 15.2. The van der Waals surface area contributed by atoms with Crippen molar-refractivity contribution in [2.75, 3.05) is 0 Å². The van der Waals surface area contributed by atoms with Crippen LogP contribution in [0, 0.1) is 0 Å². The van der Waals surface area contributed by atoms with Gasteiger partial charge in [-0.25, -0.2) is 0 Å². The monoisotopic (exact) mass is 316 g/mol. The van der Waals surface area contributed by atoms with Gasteiger partial charge in [0.05, 0.1) is 27.3 Å². The van der Waals surface area contributed by atoms with E-state index in [0.29, 0.717) is 11.1 Å².